The largest absolute Gasteiger partial charge is 0.479 e. The van der Waals surface area contributed by atoms with Crippen LogP contribution in [0.1, 0.15) is 26.8 Å². The molecule has 0 aromatic carbocycles. The molecule has 0 saturated carbocycles. The van der Waals surface area contributed by atoms with Gasteiger partial charge in [0, 0.05) is 12.6 Å². The van der Waals surface area contributed by atoms with Crippen LogP contribution in [-0.4, -0.2) is 67.7 Å². The molecule has 1 saturated heterocycles. The number of hydrogen-bond acceptors (Lipinski definition) is 6. The lowest BCUT2D eigenvalue weighted by Gasteiger charge is -2.34. The van der Waals surface area contributed by atoms with Crippen LogP contribution < -0.4 is 0 Å². The van der Waals surface area contributed by atoms with E-state index in [1.54, 1.807) is 13.3 Å². The molecule has 0 bridgehead atoms. The minimum Gasteiger partial charge on any atom is -0.479 e. The van der Waals surface area contributed by atoms with Crippen molar-refractivity contribution in [3.8, 4) is 0 Å². The molecule has 2 heterocycles. The van der Waals surface area contributed by atoms with Gasteiger partial charge >= 0.3 is 5.97 Å². The molecule has 1 N–H and O–H groups in total. The summed E-state index contributed by atoms with van der Waals surface area (Å²) in [5, 5.41) is 17.6. The lowest BCUT2D eigenvalue weighted by molar-refractivity contribution is -0.165. The van der Waals surface area contributed by atoms with Crippen LogP contribution in [0.2, 0.25) is 0 Å². The average molecular weight is 328 g/mol. The van der Waals surface area contributed by atoms with Crippen molar-refractivity contribution in [1.82, 2.24) is 19.7 Å². The summed E-state index contributed by atoms with van der Waals surface area (Å²) in [6.45, 7) is 6.26. The summed E-state index contributed by atoms with van der Waals surface area (Å²) in [7, 11) is 0. The van der Waals surface area contributed by atoms with Crippen LogP contribution in [0, 0.1) is 0 Å². The van der Waals surface area contributed by atoms with E-state index >= 15 is 0 Å². The summed E-state index contributed by atoms with van der Waals surface area (Å²) in [5.74, 6) is -0.967. The molecule has 9 heteroatoms. The Labute approximate surface area is 132 Å². The molecule has 1 aromatic heterocycles. The maximum absolute atomic E-state index is 12.3. The summed E-state index contributed by atoms with van der Waals surface area (Å²) in [4.78, 5) is 24.9. The van der Waals surface area contributed by atoms with Gasteiger partial charge in [0.05, 0.1) is 18.4 Å². The fourth-order valence-electron chi connectivity index (χ4n) is 2.20. The van der Waals surface area contributed by atoms with Crippen molar-refractivity contribution < 1.29 is 19.4 Å². The minimum absolute atomic E-state index is 0.0793. The third-order valence-corrected chi connectivity index (χ3v) is 4.25. The van der Waals surface area contributed by atoms with Crippen LogP contribution in [0.25, 0.3) is 0 Å². The smallest absolute Gasteiger partial charge is 0.334 e. The zero-order chi connectivity index (χ0) is 16.3. The van der Waals surface area contributed by atoms with Gasteiger partial charge in [0.25, 0.3) is 0 Å². The number of amides is 1. The number of aliphatic carboxylic acids is 1. The summed E-state index contributed by atoms with van der Waals surface area (Å²) in [6, 6.07) is 0.215. The second kappa shape index (κ2) is 7.10. The molecule has 1 aliphatic heterocycles. The molecular formula is C13H20N4O4S. The van der Waals surface area contributed by atoms with E-state index < -0.39 is 12.1 Å². The number of hydrogen-bond donors (Lipinski definition) is 1. The van der Waals surface area contributed by atoms with Crippen molar-refractivity contribution in [1.29, 1.82) is 0 Å². The lowest BCUT2D eigenvalue weighted by atomic mass is 10.2. The van der Waals surface area contributed by atoms with Gasteiger partial charge in [-0.2, -0.15) is 0 Å². The first-order valence-electron chi connectivity index (χ1n) is 7.06. The van der Waals surface area contributed by atoms with E-state index in [1.165, 1.54) is 16.7 Å². The van der Waals surface area contributed by atoms with Crippen LogP contribution in [0.4, 0.5) is 0 Å². The lowest BCUT2D eigenvalue weighted by Crippen LogP contribution is -2.52. The molecule has 1 unspecified atom stereocenters. The van der Waals surface area contributed by atoms with Gasteiger partial charge < -0.3 is 19.3 Å². The Morgan fingerprint density at radius 1 is 1.50 bits per heavy atom. The molecule has 22 heavy (non-hydrogen) atoms. The van der Waals surface area contributed by atoms with Gasteiger partial charge in [0.15, 0.2) is 11.3 Å². The van der Waals surface area contributed by atoms with Crippen molar-refractivity contribution in [2.24, 2.45) is 0 Å². The van der Waals surface area contributed by atoms with Gasteiger partial charge in [0.2, 0.25) is 5.91 Å². The van der Waals surface area contributed by atoms with Crippen LogP contribution in [-0.2, 0) is 14.3 Å². The van der Waals surface area contributed by atoms with Crippen LogP contribution in [0.5, 0.6) is 0 Å². The Morgan fingerprint density at radius 2 is 2.23 bits per heavy atom. The van der Waals surface area contributed by atoms with Crippen LogP contribution in [0.15, 0.2) is 11.5 Å². The second-order valence-electron chi connectivity index (χ2n) is 5.48. The van der Waals surface area contributed by atoms with Gasteiger partial charge in [-0.15, -0.1) is 10.2 Å². The molecule has 122 valence electrons. The molecule has 0 radical (unpaired) electrons. The SMILES string of the molecule is CC(C)n1cnnc1SCC(=O)N1CC(C(=O)O)O[C@H](C)C1. The molecular weight excluding hydrogens is 308 g/mol. The third-order valence-electron chi connectivity index (χ3n) is 3.31. The standard InChI is InChI=1S/C13H20N4O4S/c1-8(2)17-7-14-15-13(17)22-6-11(18)16-4-9(3)21-10(5-16)12(19)20/h7-10H,4-6H2,1-3H3,(H,19,20)/t9-,10?/m1/s1. The number of morpholine rings is 1. The van der Waals surface area contributed by atoms with Gasteiger partial charge in [-0.1, -0.05) is 11.8 Å². The number of thioether (sulfide) groups is 1. The van der Waals surface area contributed by atoms with Crippen LogP contribution >= 0.6 is 11.8 Å². The topological polar surface area (TPSA) is 97.6 Å². The fourth-order valence-corrected chi connectivity index (χ4v) is 3.15. The van der Waals surface area contributed by atoms with Crippen molar-refractivity contribution in [2.75, 3.05) is 18.8 Å². The normalized spacial score (nSPS) is 22.1. The molecule has 2 atom stereocenters. The molecule has 1 aliphatic rings. The average Bonchev–Trinajstić information content (AvgIpc) is 2.92. The first kappa shape index (κ1) is 16.8. The Kier molecular flexibility index (Phi) is 5.41. The van der Waals surface area contributed by atoms with E-state index in [0.29, 0.717) is 11.7 Å². The van der Waals surface area contributed by atoms with E-state index in [2.05, 4.69) is 10.2 Å². The molecule has 8 nitrogen and oxygen atoms in total. The van der Waals surface area contributed by atoms with Crippen molar-refractivity contribution in [2.45, 2.75) is 44.2 Å². The highest BCUT2D eigenvalue weighted by atomic mass is 32.2. The maximum Gasteiger partial charge on any atom is 0.334 e. The molecule has 0 aliphatic carbocycles. The number of carbonyl (C=O) groups excluding carboxylic acids is 1. The number of carbonyl (C=O) groups is 2. The molecule has 0 spiro atoms. The quantitative estimate of drug-likeness (QED) is 0.793. The number of nitrogens with zero attached hydrogens (tertiary/aromatic N) is 4. The second-order valence-corrected chi connectivity index (χ2v) is 6.42. The molecule has 1 aromatic rings. The van der Waals surface area contributed by atoms with Crippen molar-refractivity contribution in [3.05, 3.63) is 6.33 Å². The van der Waals surface area contributed by atoms with Crippen molar-refractivity contribution >= 4 is 23.6 Å². The Morgan fingerprint density at radius 3 is 2.86 bits per heavy atom. The highest BCUT2D eigenvalue weighted by Gasteiger charge is 2.32. The zero-order valence-corrected chi connectivity index (χ0v) is 13.6. The number of carboxylic acids is 1. The molecule has 1 fully saturated rings. The summed E-state index contributed by atoms with van der Waals surface area (Å²) in [5.41, 5.74) is 0. The monoisotopic (exact) mass is 328 g/mol. The van der Waals surface area contributed by atoms with Crippen LogP contribution in [0.3, 0.4) is 0 Å². The Bertz CT molecular complexity index is 548. The molecule has 1 amide bonds. The van der Waals surface area contributed by atoms with E-state index in [4.69, 9.17) is 9.84 Å². The summed E-state index contributed by atoms with van der Waals surface area (Å²) >= 11 is 1.30. The summed E-state index contributed by atoms with van der Waals surface area (Å²) in [6.07, 6.45) is 0.384. The number of aromatic nitrogens is 3. The highest BCUT2D eigenvalue weighted by molar-refractivity contribution is 7.99. The summed E-state index contributed by atoms with van der Waals surface area (Å²) < 4.78 is 7.19. The minimum atomic E-state index is -1.04. The van der Waals surface area contributed by atoms with E-state index in [0.717, 1.165) is 0 Å². The first-order valence-corrected chi connectivity index (χ1v) is 8.05. The number of rotatable bonds is 5. The number of carboxylic acid groups (broad SMARTS) is 1. The predicted octanol–water partition coefficient (Wildman–Crippen LogP) is 0.652. The first-order chi connectivity index (χ1) is 10.4. The van der Waals surface area contributed by atoms with E-state index in [1.807, 2.05) is 18.4 Å². The predicted molar refractivity (Wildman–Crippen MR) is 79.7 cm³/mol. The Balaban J connectivity index is 1.94. The van der Waals surface area contributed by atoms with E-state index in [9.17, 15) is 9.59 Å². The zero-order valence-electron chi connectivity index (χ0n) is 12.8. The highest BCUT2D eigenvalue weighted by Crippen LogP contribution is 2.20. The maximum atomic E-state index is 12.3. The van der Waals surface area contributed by atoms with Gasteiger partial charge in [-0.3, -0.25) is 4.79 Å². The molecule has 2 rings (SSSR count). The van der Waals surface area contributed by atoms with Gasteiger partial charge in [-0.05, 0) is 20.8 Å². The fraction of sp³-hybridized carbons (Fsp3) is 0.692. The van der Waals surface area contributed by atoms with Gasteiger partial charge in [0.1, 0.15) is 6.33 Å². The number of ether oxygens (including phenoxy) is 1. The van der Waals surface area contributed by atoms with E-state index in [-0.39, 0.29) is 30.4 Å². The van der Waals surface area contributed by atoms with Crippen molar-refractivity contribution in [3.63, 3.8) is 0 Å². The Hall–Kier alpha value is -1.61. The third kappa shape index (κ3) is 3.98. The van der Waals surface area contributed by atoms with Gasteiger partial charge in [-0.25, -0.2) is 4.79 Å².